The van der Waals surface area contributed by atoms with Crippen LogP contribution in [-0.2, 0) is 14.3 Å². The minimum atomic E-state index is -4.23. The highest BCUT2D eigenvalue weighted by Crippen LogP contribution is 2.34. The summed E-state index contributed by atoms with van der Waals surface area (Å²) >= 11 is 0. The van der Waals surface area contributed by atoms with Gasteiger partial charge in [-0.05, 0) is 30.9 Å². The number of alkyl halides is 3. The molecule has 0 spiro atoms. The summed E-state index contributed by atoms with van der Waals surface area (Å²) in [5, 5.41) is 11.3. The van der Waals surface area contributed by atoms with Crippen LogP contribution in [0.1, 0.15) is 51.9 Å². The van der Waals surface area contributed by atoms with Gasteiger partial charge in [0, 0.05) is 18.0 Å². The van der Waals surface area contributed by atoms with E-state index in [2.05, 4.69) is 17.2 Å². The predicted molar refractivity (Wildman–Crippen MR) is 136 cm³/mol. The molecule has 0 radical (unpaired) electrons. The summed E-state index contributed by atoms with van der Waals surface area (Å²) in [6.45, 7) is 2.62. The Labute approximate surface area is 215 Å². The number of halogens is 3. The molecule has 2 aliphatic carbocycles. The van der Waals surface area contributed by atoms with Crippen LogP contribution in [0.25, 0.3) is 0 Å². The maximum atomic E-state index is 12.9. The van der Waals surface area contributed by atoms with Crippen LogP contribution in [0.5, 0.6) is 0 Å². The molecule has 4 unspecified atom stereocenters. The van der Waals surface area contributed by atoms with E-state index in [1.54, 1.807) is 12.2 Å². The quantitative estimate of drug-likeness (QED) is 0.333. The van der Waals surface area contributed by atoms with Crippen LogP contribution in [0, 0.1) is 11.8 Å². The number of carbonyl (C=O) groups excluding carboxylic acids is 1. The molecule has 3 aliphatic rings. The first-order valence-corrected chi connectivity index (χ1v) is 12.9. The molecule has 3 rings (SSSR count). The van der Waals surface area contributed by atoms with Crippen molar-refractivity contribution in [2.45, 2.75) is 70.3 Å². The van der Waals surface area contributed by atoms with E-state index in [0.29, 0.717) is 29.8 Å². The molecule has 0 aromatic rings. The van der Waals surface area contributed by atoms with E-state index in [4.69, 9.17) is 9.84 Å². The van der Waals surface area contributed by atoms with E-state index in [1.807, 2.05) is 24.3 Å². The minimum absolute atomic E-state index is 0.0663. The largest absolute Gasteiger partial charge is 0.481 e. The molecular formula is C28H35F3N2O4. The molecular weight excluding hydrogens is 485 g/mol. The van der Waals surface area contributed by atoms with Gasteiger partial charge < -0.3 is 15.2 Å². The lowest BCUT2D eigenvalue weighted by molar-refractivity contribution is -0.160. The Kier molecular flexibility index (Phi) is 10.5. The van der Waals surface area contributed by atoms with E-state index in [-0.39, 0.29) is 43.4 Å². The van der Waals surface area contributed by atoms with Gasteiger partial charge in [0.2, 0.25) is 0 Å². The Morgan fingerprint density at radius 1 is 1.14 bits per heavy atom. The van der Waals surface area contributed by atoms with Crippen molar-refractivity contribution in [3.63, 3.8) is 0 Å². The summed E-state index contributed by atoms with van der Waals surface area (Å²) in [5.41, 5.74) is 1.88. The Bertz CT molecular complexity index is 1010. The first-order valence-electron chi connectivity index (χ1n) is 12.9. The summed E-state index contributed by atoms with van der Waals surface area (Å²) in [5.74, 6) is -2.60. The van der Waals surface area contributed by atoms with Gasteiger partial charge >= 0.3 is 12.1 Å². The molecule has 0 bridgehead atoms. The molecule has 4 atom stereocenters. The lowest BCUT2D eigenvalue weighted by Gasteiger charge is -2.30. The highest BCUT2D eigenvalue weighted by molar-refractivity contribution is 6.10. The number of nitrogens with zero attached hydrogens (tertiary/aromatic N) is 1. The van der Waals surface area contributed by atoms with Crippen LogP contribution in [0.3, 0.4) is 0 Å². The second-order valence-electron chi connectivity index (χ2n) is 9.51. The van der Waals surface area contributed by atoms with Gasteiger partial charge in [-0.1, -0.05) is 68.7 Å². The van der Waals surface area contributed by atoms with Crippen molar-refractivity contribution in [2.24, 2.45) is 16.8 Å². The van der Waals surface area contributed by atoms with Gasteiger partial charge in [0.05, 0.1) is 36.8 Å². The Morgan fingerprint density at radius 3 is 2.51 bits per heavy atom. The zero-order valence-corrected chi connectivity index (χ0v) is 21.0. The number of allylic oxidation sites excluding steroid dienone is 6. The number of carboxylic acid groups (broad SMARTS) is 1. The summed E-state index contributed by atoms with van der Waals surface area (Å²) in [4.78, 5) is 27.5. The number of carbonyl (C=O) groups is 2. The molecule has 0 aromatic heterocycles. The standard InChI is InChI=1S/C28H35F3N2O4/c1-2-3-4-5-25(20-6-8-21(9-7-20)27(36)32-17-16-26(34)35)37-23-14-15-24(33-18-23)19-10-12-22(13-11-19)28(29,30)31/h6,8-12,14-15,20,22-23,25H,2-5,7,13,16-18H2,1H3,(H,32,36)(H,34,35). The molecule has 1 aliphatic heterocycles. The predicted octanol–water partition coefficient (Wildman–Crippen LogP) is 5.49. The third kappa shape index (κ3) is 8.84. The van der Waals surface area contributed by atoms with Crippen molar-refractivity contribution in [1.29, 1.82) is 0 Å². The number of unbranched alkanes of at least 4 members (excludes halogenated alkanes) is 2. The fourth-order valence-electron chi connectivity index (χ4n) is 4.50. The number of rotatable bonds is 12. The van der Waals surface area contributed by atoms with Crippen LogP contribution in [-0.4, -0.2) is 54.2 Å². The van der Waals surface area contributed by atoms with E-state index < -0.39 is 18.1 Å². The van der Waals surface area contributed by atoms with Crippen LogP contribution in [0.2, 0.25) is 0 Å². The van der Waals surface area contributed by atoms with Crippen LogP contribution >= 0.6 is 0 Å². The molecule has 0 saturated heterocycles. The number of amides is 1. The molecule has 202 valence electrons. The first kappa shape index (κ1) is 28.6. The Hall–Kier alpha value is -2.94. The van der Waals surface area contributed by atoms with Gasteiger partial charge in [-0.25, -0.2) is 0 Å². The Balaban J connectivity index is 1.55. The highest BCUT2D eigenvalue weighted by atomic mass is 19.4. The van der Waals surface area contributed by atoms with Crippen molar-refractivity contribution >= 4 is 17.6 Å². The monoisotopic (exact) mass is 520 g/mol. The third-order valence-corrected chi connectivity index (χ3v) is 6.67. The van der Waals surface area contributed by atoms with Crippen LogP contribution < -0.4 is 5.32 Å². The van der Waals surface area contributed by atoms with Crippen molar-refractivity contribution in [3.05, 3.63) is 59.8 Å². The molecule has 0 saturated carbocycles. The van der Waals surface area contributed by atoms with Crippen molar-refractivity contribution in [3.8, 4) is 0 Å². The lowest BCUT2D eigenvalue weighted by Crippen LogP contribution is -2.32. The number of nitrogens with one attached hydrogen (secondary N) is 1. The van der Waals surface area contributed by atoms with E-state index >= 15 is 0 Å². The van der Waals surface area contributed by atoms with Gasteiger partial charge in [0.1, 0.15) is 0 Å². The Morgan fingerprint density at radius 2 is 1.95 bits per heavy atom. The van der Waals surface area contributed by atoms with Crippen molar-refractivity contribution in [1.82, 2.24) is 5.32 Å². The average molecular weight is 521 g/mol. The zero-order valence-electron chi connectivity index (χ0n) is 21.0. The molecule has 1 heterocycles. The smallest absolute Gasteiger partial charge is 0.395 e. The fourth-order valence-corrected chi connectivity index (χ4v) is 4.50. The highest BCUT2D eigenvalue weighted by Gasteiger charge is 2.38. The number of ether oxygens (including phenoxy) is 1. The maximum Gasteiger partial charge on any atom is 0.395 e. The molecule has 37 heavy (non-hydrogen) atoms. The zero-order chi connectivity index (χ0) is 26.8. The molecule has 9 heteroatoms. The van der Waals surface area contributed by atoms with Crippen molar-refractivity contribution < 1.29 is 32.6 Å². The molecule has 1 amide bonds. The second-order valence-corrected chi connectivity index (χ2v) is 9.51. The van der Waals surface area contributed by atoms with Crippen LogP contribution in [0.15, 0.2) is 64.7 Å². The van der Waals surface area contributed by atoms with Gasteiger partial charge in [-0.3, -0.25) is 14.6 Å². The lowest BCUT2D eigenvalue weighted by atomic mass is 9.88. The van der Waals surface area contributed by atoms with E-state index in [0.717, 1.165) is 25.7 Å². The number of aliphatic imine (C=N–C) groups is 1. The summed E-state index contributed by atoms with van der Waals surface area (Å²) in [7, 11) is 0. The fraction of sp³-hybridized carbons (Fsp3) is 0.536. The maximum absolute atomic E-state index is 12.9. The number of dihydropyridines is 1. The summed E-state index contributed by atoms with van der Waals surface area (Å²) in [6, 6.07) is 0. The number of aliphatic carboxylic acids is 1. The van der Waals surface area contributed by atoms with E-state index in [1.165, 1.54) is 12.2 Å². The molecule has 6 nitrogen and oxygen atoms in total. The topological polar surface area (TPSA) is 88.0 Å². The normalized spacial score (nSPS) is 24.2. The number of hydrogen-bond acceptors (Lipinski definition) is 4. The second kappa shape index (κ2) is 13.6. The molecule has 0 aromatic carbocycles. The summed E-state index contributed by atoms with van der Waals surface area (Å²) < 4.78 is 45.1. The van der Waals surface area contributed by atoms with Crippen molar-refractivity contribution in [2.75, 3.05) is 13.1 Å². The molecule has 2 N–H and O–H groups in total. The minimum Gasteiger partial charge on any atom is -0.481 e. The number of carboxylic acids is 1. The molecule has 0 fully saturated rings. The first-order chi connectivity index (χ1) is 17.7. The van der Waals surface area contributed by atoms with Gasteiger partial charge in [0.25, 0.3) is 5.91 Å². The van der Waals surface area contributed by atoms with Gasteiger partial charge in [-0.2, -0.15) is 13.2 Å². The summed E-state index contributed by atoms with van der Waals surface area (Å²) in [6.07, 6.45) is 13.6. The van der Waals surface area contributed by atoms with Gasteiger partial charge in [0.15, 0.2) is 0 Å². The third-order valence-electron chi connectivity index (χ3n) is 6.67. The van der Waals surface area contributed by atoms with E-state index in [9.17, 15) is 22.8 Å². The average Bonchev–Trinajstić information content (AvgIpc) is 2.88. The number of hydrogen-bond donors (Lipinski definition) is 2. The van der Waals surface area contributed by atoms with Crippen LogP contribution in [0.4, 0.5) is 13.2 Å². The SMILES string of the molecule is CCCCCC(OC1C=CC(C2=CCC(C(F)(F)F)C=C2)=NC1)C1C=CC(C(=O)NCCC(=O)O)=CC1. The van der Waals surface area contributed by atoms with Gasteiger partial charge in [-0.15, -0.1) is 0 Å².